The number of rotatable bonds is 4. The Morgan fingerprint density at radius 3 is 0.755 bits per heavy atom. The third kappa shape index (κ3) is 17.1. The summed E-state index contributed by atoms with van der Waals surface area (Å²) in [7, 11) is -9.89. The van der Waals surface area contributed by atoms with Crippen molar-refractivity contribution in [1.29, 1.82) is 0 Å². The van der Waals surface area contributed by atoms with E-state index in [2.05, 4.69) is 61.8 Å². The summed E-state index contributed by atoms with van der Waals surface area (Å²) in [6, 6.07) is 7.57. The van der Waals surface area contributed by atoms with Crippen LogP contribution in [-0.2, 0) is 38.4 Å². The van der Waals surface area contributed by atoms with Gasteiger partial charge in [-0.15, -0.1) is 20.5 Å². The standard InChI is InChI=1S/2C15H18BrN3O2.2ClHO4.Zn/c2*1-14(2)7-20-12(18-14)10-5-9(16)6-11(17-10)13-19-15(3,4)8-21-13;2*2-1(3,4)5;/h2*5-6H,7-8H2,1-4H3;2*(H,2,3,4,5);/q;;;;+2/p-2. The summed E-state index contributed by atoms with van der Waals surface area (Å²) in [5, 5.41) is 0. The Hall–Kier alpha value is -1.98. The van der Waals surface area contributed by atoms with Gasteiger partial charge in [-0.2, -0.15) is 0 Å². The zero-order chi connectivity index (χ0) is 39.5. The van der Waals surface area contributed by atoms with Gasteiger partial charge in [-0.05, 0) is 79.7 Å². The molecule has 4 aliphatic heterocycles. The molecule has 0 radical (unpaired) electrons. The third-order valence-corrected chi connectivity index (χ3v) is 7.24. The van der Waals surface area contributed by atoms with Crippen LogP contribution in [0.2, 0.25) is 0 Å². The van der Waals surface area contributed by atoms with Crippen LogP contribution in [0.15, 0.2) is 53.2 Å². The van der Waals surface area contributed by atoms with Gasteiger partial charge in [0.05, 0.1) is 22.2 Å². The van der Waals surface area contributed by atoms with Crippen molar-refractivity contribution in [3.05, 3.63) is 56.0 Å². The molecule has 4 aliphatic rings. The Morgan fingerprint density at radius 1 is 0.453 bits per heavy atom. The maximum atomic E-state index is 8.49. The molecule has 0 atom stereocenters. The van der Waals surface area contributed by atoms with Crippen LogP contribution in [0.3, 0.4) is 0 Å². The predicted octanol–water partition coefficient (Wildman–Crippen LogP) is -3.60. The first-order chi connectivity index (χ1) is 23.5. The molecule has 6 rings (SSSR count). The Kier molecular flexibility index (Phi) is 15.9. The molecular formula is C30H36Br2Cl2N6O12Zn. The minimum absolute atomic E-state index is 0. The molecule has 0 aliphatic carbocycles. The van der Waals surface area contributed by atoms with Crippen LogP contribution in [-0.4, -0.2) is 82.1 Å². The fourth-order valence-electron chi connectivity index (χ4n) is 4.30. The summed E-state index contributed by atoms with van der Waals surface area (Å²) in [6.07, 6.45) is 0. The van der Waals surface area contributed by atoms with E-state index in [0.29, 0.717) is 72.8 Å². The Labute approximate surface area is 339 Å². The van der Waals surface area contributed by atoms with E-state index in [0.717, 1.165) is 8.95 Å². The molecule has 0 spiro atoms. The van der Waals surface area contributed by atoms with Crippen LogP contribution in [0.4, 0.5) is 0 Å². The summed E-state index contributed by atoms with van der Waals surface area (Å²) in [5.74, 6) is 2.28. The second kappa shape index (κ2) is 17.9. The number of nitrogens with zero attached hydrogens (tertiary/aromatic N) is 6. The zero-order valence-corrected chi connectivity index (χ0v) is 37.6. The molecule has 2 aromatic rings. The molecule has 0 N–H and O–H groups in total. The van der Waals surface area contributed by atoms with E-state index in [1.54, 1.807) is 0 Å². The molecule has 0 aromatic carbocycles. The van der Waals surface area contributed by atoms with Gasteiger partial charge in [-0.25, -0.2) is 67.2 Å². The quantitative estimate of drug-likeness (QED) is 0.268. The summed E-state index contributed by atoms with van der Waals surface area (Å²) >= 11 is 7.01. The minimum Gasteiger partial charge on any atom is -0.474 e. The SMILES string of the molecule is CC1(C)COC(c2cc(Br)cc(C3=NC(C)(C)CO3)n2)=N1.CC1(C)COC(c2cc(Br)cc(C3=NC(C)(C)CO3)n2)=N1.[O-][Cl+3]([O-])([O-])[O-].[O-][Cl+3]([O-])([O-])[O-].[Zn+2]. The molecule has 2 aromatic heterocycles. The number of hydrogen-bond donors (Lipinski definition) is 0. The van der Waals surface area contributed by atoms with Gasteiger partial charge in [0, 0.05) is 8.95 Å². The number of hydrogen-bond acceptors (Lipinski definition) is 18. The topological polar surface area (TPSA) is 297 Å². The van der Waals surface area contributed by atoms with Crippen LogP contribution in [0, 0.1) is 20.5 Å². The van der Waals surface area contributed by atoms with Crippen molar-refractivity contribution < 1.29 is 96.2 Å². The van der Waals surface area contributed by atoms with Crippen molar-refractivity contribution in [2.24, 2.45) is 20.0 Å². The molecule has 0 saturated carbocycles. The summed E-state index contributed by atoms with van der Waals surface area (Å²) in [6.45, 7) is 18.5. The van der Waals surface area contributed by atoms with Gasteiger partial charge in [0.2, 0.25) is 23.6 Å². The van der Waals surface area contributed by atoms with E-state index in [-0.39, 0.29) is 41.6 Å². The van der Waals surface area contributed by atoms with Gasteiger partial charge in [0.15, 0.2) is 0 Å². The Morgan fingerprint density at radius 2 is 0.623 bits per heavy atom. The number of pyridine rings is 2. The Bertz CT molecular complexity index is 1510. The van der Waals surface area contributed by atoms with Gasteiger partial charge in [-0.1, -0.05) is 31.9 Å². The van der Waals surface area contributed by atoms with Gasteiger partial charge < -0.3 is 18.9 Å². The van der Waals surface area contributed by atoms with E-state index < -0.39 is 20.5 Å². The maximum absolute atomic E-state index is 8.49. The predicted molar refractivity (Wildman–Crippen MR) is 170 cm³/mol. The second-order valence-corrected chi connectivity index (χ2v) is 17.3. The molecule has 0 fully saturated rings. The van der Waals surface area contributed by atoms with Crippen molar-refractivity contribution in [2.75, 3.05) is 26.4 Å². The van der Waals surface area contributed by atoms with Gasteiger partial charge in [0.1, 0.15) is 49.2 Å². The molecule has 0 amide bonds. The normalized spacial score (nSPS) is 20.0. The van der Waals surface area contributed by atoms with Crippen LogP contribution in [0.25, 0.3) is 0 Å². The monoisotopic (exact) mass is 964 g/mol. The third-order valence-electron chi connectivity index (χ3n) is 6.32. The molecule has 18 nitrogen and oxygen atoms in total. The van der Waals surface area contributed by atoms with Gasteiger partial charge in [-0.3, -0.25) is 0 Å². The largest absolute Gasteiger partial charge is 2.00 e. The molecule has 23 heteroatoms. The van der Waals surface area contributed by atoms with Gasteiger partial charge >= 0.3 is 19.5 Å². The Balaban J connectivity index is 0.000000289. The van der Waals surface area contributed by atoms with Crippen molar-refractivity contribution >= 4 is 55.5 Å². The minimum atomic E-state index is -4.94. The van der Waals surface area contributed by atoms with Crippen molar-refractivity contribution in [3.8, 4) is 0 Å². The van der Waals surface area contributed by atoms with Crippen LogP contribution < -0.4 is 37.3 Å². The number of aromatic nitrogens is 2. The molecule has 53 heavy (non-hydrogen) atoms. The second-order valence-electron chi connectivity index (χ2n) is 13.9. The fraction of sp³-hybridized carbons (Fsp3) is 0.533. The first-order valence-corrected chi connectivity index (χ1v) is 19.0. The maximum Gasteiger partial charge on any atom is 2.00 e. The number of ether oxygens (including phenoxy) is 4. The summed E-state index contributed by atoms with van der Waals surface area (Å²) in [4.78, 5) is 27.4. The zero-order valence-electron chi connectivity index (χ0n) is 29.9. The van der Waals surface area contributed by atoms with E-state index in [4.69, 9.17) is 56.2 Å². The average Bonchev–Trinajstić information content (AvgIpc) is 3.71. The molecule has 0 unspecified atom stereocenters. The molecule has 288 valence electrons. The molecule has 0 bridgehead atoms. The van der Waals surface area contributed by atoms with Crippen LogP contribution in [0.5, 0.6) is 0 Å². The number of aliphatic imine (C=N–C) groups is 4. The fourth-order valence-corrected chi connectivity index (χ4v) is 5.16. The van der Waals surface area contributed by atoms with E-state index in [1.807, 2.05) is 79.7 Å². The van der Waals surface area contributed by atoms with E-state index in [1.165, 1.54) is 0 Å². The van der Waals surface area contributed by atoms with E-state index >= 15 is 0 Å². The first kappa shape index (κ1) is 47.2. The smallest absolute Gasteiger partial charge is 0.474 e. The van der Waals surface area contributed by atoms with Crippen molar-refractivity contribution in [3.63, 3.8) is 0 Å². The van der Waals surface area contributed by atoms with Crippen LogP contribution in [0.1, 0.15) is 78.2 Å². The van der Waals surface area contributed by atoms with Gasteiger partial charge in [0.25, 0.3) is 0 Å². The van der Waals surface area contributed by atoms with E-state index in [9.17, 15) is 0 Å². The first-order valence-electron chi connectivity index (χ1n) is 15.0. The molecule has 6 heterocycles. The summed E-state index contributed by atoms with van der Waals surface area (Å²) < 4.78 is 92.4. The molecule has 0 saturated heterocycles. The number of halogens is 4. The van der Waals surface area contributed by atoms with Crippen molar-refractivity contribution in [2.45, 2.75) is 77.5 Å². The van der Waals surface area contributed by atoms with Crippen molar-refractivity contribution in [1.82, 2.24) is 9.97 Å². The average molecular weight is 969 g/mol. The molecular weight excluding hydrogens is 932 g/mol. The summed E-state index contributed by atoms with van der Waals surface area (Å²) in [5.41, 5.74) is 1.96. The van der Waals surface area contributed by atoms with Crippen LogP contribution >= 0.6 is 31.9 Å².